The smallest absolute Gasteiger partial charge is 0.0774 e. The number of fused-ring (bicyclic) bond motifs is 1. The lowest BCUT2D eigenvalue weighted by Crippen LogP contribution is -2.58. The third-order valence-electron chi connectivity index (χ3n) is 6.76. The first kappa shape index (κ1) is 17.5. The Morgan fingerprint density at radius 2 is 1.80 bits per heavy atom. The fourth-order valence-electron chi connectivity index (χ4n) is 5.25. The summed E-state index contributed by atoms with van der Waals surface area (Å²) in [6.45, 7) is 5.88. The second-order valence-electron chi connectivity index (χ2n) is 8.69. The predicted octanol–water partition coefficient (Wildman–Crippen LogP) is 2.21. The summed E-state index contributed by atoms with van der Waals surface area (Å²) in [5.74, 6) is 0.598. The number of nitrogens with zero attached hydrogens (tertiary/aromatic N) is 2. The zero-order valence-corrected chi connectivity index (χ0v) is 15.3. The number of hydrogen-bond donors (Lipinski definition) is 2. The van der Waals surface area contributed by atoms with Crippen LogP contribution in [0.15, 0.2) is 30.3 Å². The molecule has 0 radical (unpaired) electrons. The van der Waals surface area contributed by atoms with Crippen molar-refractivity contribution in [1.82, 2.24) is 9.80 Å². The van der Waals surface area contributed by atoms with Crippen molar-refractivity contribution in [2.24, 2.45) is 0 Å². The molecule has 3 fully saturated rings. The van der Waals surface area contributed by atoms with Gasteiger partial charge in [0.1, 0.15) is 0 Å². The van der Waals surface area contributed by atoms with Gasteiger partial charge in [0, 0.05) is 38.3 Å². The fraction of sp³-hybridized carbons (Fsp3) is 0.714. The van der Waals surface area contributed by atoms with E-state index in [9.17, 15) is 10.2 Å². The molecule has 1 aromatic carbocycles. The molecule has 2 N–H and O–H groups in total. The lowest BCUT2D eigenvalue weighted by molar-refractivity contribution is -0.0569. The van der Waals surface area contributed by atoms with E-state index in [2.05, 4.69) is 47.1 Å². The van der Waals surface area contributed by atoms with E-state index in [1.807, 2.05) is 0 Å². The maximum Gasteiger partial charge on any atom is 0.0774 e. The van der Waals surface area contributed by atoms with Gasteiger partial charge in [0.15, 0.2) is 0 Å². The van der Waals surface area contributed by atoms with Crippen LogP contribution < -0.4 is 0 Å². The Kier molecular flexibility index (Phi) is 4.89. The quantitative estimate of drug-likeness (QED) is 0.883. The summed E-state index contributed by atoms with van der Waals surface area (Å²) in [4.78, 5) is 4.91. The summed E-state index contributed by atoms with van der Waals surface area (Å²) >= 11 is 0. The minimum Gasteiger partial charge on any atom is -0.392 e. The van der Waals surface area contributed by atoms with Crippen LogP contribution in [0.5, 0.6) is 0 Å². The molecule has 4 rings (SSSR count). The molecular weight excluding hydrogens is 312 g/mol. The summed E-state index contributed by atoms with van der Waals surface area (Å²) in [6.07, 6.45) is 4.67. The molecule has 4 heteroatoms. The SMILES string of the molecule is C[C@H]1CN2C[C@H](O)CC2CN1CC1(O)CCC(c2ccccc2)CC1. The maximum atomic E-state index is 11.2. The fourth-order valence-corrected chi connectivity index (χ4v) is 5.25. The number of aliphatic hydroxyl groups excluding tert-OH is 1. The summed E-state index contributed by atoms with van der Waals surface area (Å²) in [5, 5.41) is 21.1. The first-order chi connectivity index (χ1) is 12.0. The van der Waals surface area contributed by atoms with Crippen molar-refractivity contribution in [2.45, 2.75) is 68.7 Å². The van der Waals surface area contributed by atoms with Gasteiger partial charge in [0.2, 0.25) is 0 Å². The Bertz CT molecular complexity index is 571. The van der Waals surface area contributed by atoms with E-state index in [1.54, 1.807) is 0 Å². The molecule has 3 aliphatic rings. The largest absolute Gasteiger partial charge is 0.392 e. The normalized spacial score (nSPS) is 40.1. The standard InChI is InChI=1S/C21H32N2O2/c1-16-12-22-14-20(24)11-19(22)13-23(16)15-21(25)9-7-18(8-10-21)17-5-3-2-4-6-17/h2-6,16,18-20,24-25H,7-15H2,1H3/t16-,18?,19?,20+,21?/m0/s1. The average molecular weight is 344 g/mol. The molecule has 1 aromatic rings. The van der Waals surface area contributed by atoms with E-state index in [0.29, 0.717) is 18.0 Å². The highest BCUT2D eigenvalue weighted by Crippen LogP contribution is 2.39. The van der Waals surface area contributed by atoms with Gasteiger partial charge in [0.25, 0.3) is 0 Å². The van der Waals surface area contributed by atoms with Gasteiger partial charge in [-0.15, -0.1) is 0 Å². The lowest BCUT2D eigenvalue weighted by Gasteiger charge is -2.46. The van der Waals surface area contributed by atoms with Crippen molar-refractivity contribution < 1.29 is 10.2 Å². The number of rotatable bonds is 3. The van der Waals surface area contributed by atoms with Crippen LogP contribution in [0.1, 0.15) is 50.5 Å². The first-order valence-electron chi connectivity index (χ1n) is 9.96. The molecule has 0 spiro atoms. The number of β-amino-alcohol motifs (C(OH)–C–C–N with tert-alkyl or cyclic N) is 1. The van der Waals surface area contributed by atoms with Crippen LogP contribution in [0.4, 0.5) is 0 Å². The van der Waals surface area contributed by atoms with Gasteiger partial charge in [-0.2, -0.15) is 0 Å². The number of benzene rings is 1. The molecule has 4 nitrogen and oxygen atoms in total. The number of aliphatic hydroxyl groups is 2. The minimum absolute atomic E-state index is 0.165. The van der Waals surface area contributed by atoms with Crippen molar-refractivity contribution in [3.63, 3.8) is 0 Å². The van der Waals surface area contributed by atoms with Gasteiger partial charge in [-0.05, 0) is 50.5 Å². The van der Waals surface area contributed by atoms with Crippen LogP contribution in [0, 0.1) is 0 Å². The molecule has 2 aliphatic heterocycles. The Hall–Kier alpha value is -0.940. The molecule has 138 valence electrons. The van der Waals surface area contributed by atoms with Crippen LogP contribution in [0.3, 0.4) is 0 Å². The van der Waals surface area contributed by atoms with Gasteiger partial charge in [-0.3, -0.25) is 9.80 Å². The van der Waals surface area contributed by atoms with E-state index in [-0.39, 0.29) is 6.10 Å². The Labute approximate surface area is 151 Å². The van der Waals surface area contributed by atoms with Crippen LogP contribution in [0.2, 0.25) is 0 Å². The maximum absolute atomic E-state index is 11.2. The van der Waals surface area contributed by atoms with E-state index < -0.39 is 5.60 Å². The second-order valence-corrected chi connectivity index (χ2v) is 8.69. The van der Waals surface area contributed by atoms with Gasteiger partial charge >= 0.3 is 0 Å². The highest BCUT2D eigenvalue weighted by Gasteiger charge is 2.42. The predicted molar refractivity (Wildman–Crippen MR) is 99.6 cm³/mol. The van der Waals surface area contributed by atoms with Crippen molar-refractivity contribution in [3.8, 4) is 0 Å². The Morgan fingerprint density at radius 3 is 2.52 bits per heavy atom. The van der Waals surface area contributed by atoms with Crippen LogP contribution in [-0.4, -0.2) is 70.0 Å². The molecule has 0 bridgehead atoms. The summed E-state index contributed by atoms with van der Waals surface area (Å²) in [6, 6.07) is 11.7. The second kappa shape index (κ2) is 6.99. The third kappa shape index (κ3) is 3.77. The summed E-state index contributed by atoms with van der Waals surface area (Å²) in [7, 11) is 0. The van der Waals surface area contributed by atoms with Crippen LogP contribution in [0.25, 0.3) is 0 Å². The minimum atomic E-state index is -0.543. The first-order valence-corrected chi connectivity index (χ1v) is 9.96. The van der Waals surface area contributed by atoms with E-state index in [4.69, 9.17) is 0 Å². The van der Waals surface area contributed by atoms with E-state index in [1.165, 1.54) is 5.56 Å². The van der Waals surface area contributed by atoms with Crippen molar-refractivity contribution in [3.05, 3.63) is 35.9 Å². The zero-order valence-electron chi connectivity index (χ0n) is 15.3. The molecule has 2 saturated heterocycles. The molecule has 1 saturated carbocycles. The van der Waals surface area contributed by atoms with Crippen molar-refractivity contribution in [1.29, 1.82) is 0 Å². The monoisotopic (exact) mass is 344 g/mol. The highest BCUT2D eigenvalue weighted by molar-refractivity contribution is 5.20. The van der Waals surface area contributed by atoms with Gasteiger partial charge < -0.3 is 10.2 Å². The average Bonchev–Trinajstić information content (AvgIpc) is 2.95. The van der Waals surface area contributed by atoms with Gasteiger partial charge in [0.05, 0.1) is 11.7 Å². The number of hydrogen-bond acceptors (Lipinski definition) is 4. The van der Waals surface area contributed by atoms with E-state index >= 15 is 0 Å². The Morgan fingerprint density at radius 1 is 1.08 bits per heavy atom. The van der Waals surface area contributed by atoms with Crippen molar-refractivity contribution >= 4 is 0 Å². The van der Waals surface area contributed by atoms with E-state index in [0.717, 1.165) is 58.3 Å². The molecule has 0 aromatic heterocycles. The molecular formula is C21H32N2O2. The van der Waals surface area contributed by atoms with Gasteiger partial charge in [-0.25, -0.2) is 0 Å². The summed E-state index contributed by atoms with van der Waals surface area (Å²) in [5.41, 5.74) is 0.880. The Balaban J connectivity index is 1.35. The molecule has 1 unspecified atom stereocenters. The topological polar surface area (TPSA) is 46.9 Å². The number of piperazine rings is 1. The molecule has 2 heterocycles. The molecule has 3 atom stereocenters. The highest BCUT2D eigenvalue weighted by atomic mass is 16.3. The van der Waals surface area contributed by atoms with Crippen LogP contribution in [-0.2, 0) is 0 Å². The lowest BCUT2D eigenvalue weighted by atomic mass is 9.75. The van der Waals surface area contributed by atoms with Crippen LogP contribution >= 0.6 is 0 Å². The molecule has 25 heavy (non-hydrogen) atoms. The zero-order chi connectivity index (χ0) is 17.4. The van der Waals surface area contributed by atoms with Crippen molar-refractivity contribution in [2.75, 3.05) is 26.2 Å². The molecule has 1 aliphatic carbocycles. The third-order valence-corrected chi connectivity index (χ3v) is 6.76. The summed E-state index contributed by atoms with van der Waals surface area (Å²) < 4.78 is 0. The molecule has 0 amide bonds. The van der Waals surface area contributed by atoms with Gasteiger partial charge in [-0.1, -0.05) is 30.3 Å².